The summed E-state index contributed by atoms with van der Waals surface area (Å²) in [7, 11) is 0. The van der Waals surface area contributed by atoms with Gasteiger partial charge in [0.25, 0.3) is 5.88 Å². The SMILES string of the molecule is CC(C)n1cc(Nc2ncc(F)c(OC[C@H]3CC[C@H](C)CC3)n2)cn1. The molecule has 2 aromatic rings. The molecule has 136 valence electrons. The highest BCUT2D eigenvalue weighted by Crippen LogP contribution is 2.29. The Morgan fingerprint density at radius 2 is 2.04 bits per heavy atom. The molecule has 0 bridgehead atoms. The molecule has 2 heterocycles. The van der Waals surface area contributed by atoms with Gasteiger partial charge in [-0.05, 0) is 38.5 Å². The Morgan fingerprint density at radius 1 is 1.28 bits per heavy atom. The van der Waals surface area contributed by atoms with Crippen LogP contribution in [0.15, 0.2) is 18.6 Å². The van der Waals surface area contributed by atoms with Crippen molar-refractivity contribution in [3.63, 3.8) is 0 Å². The minimum Gasteiger partial charge on any atom is -0.475 e. The fourth-order valence-corrected chi connectivity index (χ4v) is 3.02. The van der Waals surface area contributed by atoms with Crippen LogP contribution < -0.4 is 10.1 Å². The first-order chi connectivity index (χ1) is 12.0. The van der Waals surface area contributed by atoms with Gasteiger partial charge >= 0.3 is 0 Å². The maximum absolute atomic E-state index is 13.9. The number of hydrogen-bond donors (Lipinski definition) is 1. The molecule has 1 saturated carbocycles. The topological polar surface area (TPSA) is 64.9 Å². The van der Waals surface area contributed by atoms with Crippen LogP contribution in [0.2, 0.25) is 0 Å². The number of anilines is 2. The minimum atomic E-state index is -0.535. The van der Waals surface area contributed by atoms with Crippen molar-refractivity contribution in [2.45, 2.75) is 52.5 Å². The molecule has 1 aliphatic carbocycles. The Balaban J connectivity index is 1.61. The first kappa shape index (κ1) is 17.6. The van der Waals surface area contributed by atoms with Crippen LogP contribution in [0.25, 0.3) is 0 Å². The molecule has 1 fully saturated rings. The number of rotatable bonds is 6. The molecule has 0 spiro atoms. The van der Waals surface area contributed by atoms with Crippen molar-refractivity contribution in [2.75, 3.05) is 11.9 Å². The van der Waals surface area contributed by atoms with Crippen molar-refractivity contribution in [3.8, 4) is 5.88 Å². The summed E-state index contributed by atoms with van der Waals surface area (Å²) in [5.74, 6) is 1.04. The molecule has 6 nitrogen and oxygen atoms in total. The quantitative estimate of drug-likeness (QED) is 0.842. The molecular formula is C18H26FN5O. The number of ether oxygens (including phenoxy) is 1. The highest BCUT2D eigenvalue weighted by atomic mass is 19.1. The van der Waals surface area contributed by atoms with Crippen molar-refractivity contribution in [1.82, 2.24) is 19.7 Å². The third-order valence-corrected chi connectivity index (χ3v) is 4.69. The Kier molecular flexibility index (Phi) is 5.50. The maximum atomic E-state index is 13.9. The van der Waals surface area contributed by atoms with E-state index in [0.717, 1.165) is 30.6 Å². The Labute approximate surface area is 147 Å². The number of nitrogens with zero attached hydrogens (tertiary/aromatic N) is 4. The van der Waals surface area contributed by atoms with Crippen molar-refractivity contribution in [2.24, 2.45) is 11.8 Å². The summed E-state index contributed by atoms with van der Waals surface area (Å²) in [4.78, 5) is 8.14. The van der Waals surface area contributed by atoms with E-state index < -0.39 is 5.82 Å². The zero-order valence-corrected chi connectivity index (χ0v) is 15.1. The summed E-state index contributed by atoms with van der Waals surface area (Å²) < 4.78 is 21.4. The second kappa shape index (κ2) is 7.80. The van der Waals surface area contributed by atoms with Gasteiger partial charge in [-0.2, -0.15) is 14.5 Å². The highest BCUT2D eigenvalue weighted by Gasteiger charge is 2.20. The van der Waals surface area contributed by atoms with Gasteiger partial charge < -0.3 is 10.1 Å². The molecule has 25 heavy (non-hydrogen) atoms. The highest BCUT2D eigenvalue weighted by molar-refractivity contribution is 5.50. The molecule has 3 rings (SSSR count). The van der Waals surface area contributed by atoms with E-state index in [1.54, 1.807) is 6.20 Å². The number of halogens is 1. The molecule has 7 heteroatoms. The summed E-state index contributed by atoms with van der Waals surface area (Å²) >= 11 is 0. The van der Waals surface area contributed by atoms with Gasteiger partial charge in [-0.1, -0.05) is 19.8 Å². The van der Waals surface area contributed by atoms with Gasteiger partial charge in [0.2, 0.25) is 11.8 Å². The van der Waals surface area contributed by atoms with Crippen LogP contribution in [-0.2, 0) is 0 Å². The maximum Gasteiger partial charge on any atom is 0.255 e. The van der Waals surface area contributed by atoms with E-state index in [2.05, 4.69) is 27.3 Å². The molecular weight excluding hydrogens is 321 g/mol. The van der Waals surface area contributed by atoms with Crippen molar-refractivity contribution >= 4 is 11.6 Å². The van der Waals surface area contributed by atoms with Crippen LogP contribution in [0.1, 0.15) is 52.5 Å². The summed E-state index contributed by atoms with van der Waals surface area (Å²) in [6.45, 7) is 6.87. The van der Waals surface area contributed by atoms with E-state index in [9.17, 15) is 4.39 Å². The van der Waals surface area contributed by atoms with Gasteiger partial charge in [-0.15, -0.1) is 0 Å². The zero-order valence-electron chi connectivity index (χ0n) is 15.1. The number of nitrogens with one attached hydrogen (secondary N) is 1. The first-order valence-electron chi connectivity index (χ1n) is 8.97. The first-order valence-corrected chi connectivity index (χ1v) is 8.97. The van der Waals surface area contributed by atoms with E-state index in [1.165, 1.54) is 12.8 Å². The van der Waals surface area contributed by atoms with E-state index in [0.29, 0.717) is 18.5 Å². The van der Waals surface area contributed by atoms with Gasteiger partial charge in [0.1, 0.15) is 0 Å². The second-order valence-electron chi connectivity index (χ2n) is 7.21. The van der Waals surface area contributed by atoms with Crippen LogP contribution in [-0.4, -0.2) is 26.4 Å². The van der Waals surface area contributed by atoms with Crippen molar-refractivity contribution in [3.05, 3.63) is 24.4 Å². The second-order valence-corrected chi connectivity index (χ2v) is 7.21. The summed E-state index contributed by atoms with van der Waals surface area (Å²) in [5, 5.41) is 7.29. The molecule has 0 radical (unpaired) electrons. The molecule has 1 N–H and O–H groups in total. The molecule has 1 aliphatic rings. The normalized spacial score (nSPS) is 20.7. The Morgan fingerprint density at radius 3 is 2.72 bits per heavy atom. The molecule has 0 unspecified atom stereocenters. The van der Waals surface area contributed by atoms with Crippen molar-refractivity contribution in [1.29, 1.82) is 0 Å². The predicted octanol–water partition coefficient (Wildman–Crippen LogP) is 4.34. The summed E-state index contributed by atoms with van der Waals surface area (Å²) in [6.07, 6.45) is 9.39. The largest absolute Gasteiger partial charge is 0.475 e. The molecule has 0 aromatic carbocycles. The third-order valence-electron chi connectivity index (χ3n) is 4.69. The third kappa shape index (κ3) is 4.67. The van der Waals surface area contributed by atoms with Crippen LogP contribution in [0.5, 0.6) is 5.88 Å². The van der Waals surface area contributed by atoms with Gasteiger partial charge in [-0.25, -0.2) is 4.98 Å². The predicted molar refractivity (Wildman–Crippen MR) is 94.5 cm³/mol. The minimum absolute atomic E-state index is 0.00683. The standard InChI is InChI=1S/C18H26FN5O/c1-12(2)24-10-15(8-21-24)22-18-20-9-16(19)17(23-18)25-11-14-6-4-13(3)5-7-14/h8-10,12-14H,4-7,11H2,1-3H3,(H,20,22,23)/t13-,14-. The van der Waals surface area contributed by atoms with E-state index in [4.69, 9.17) is 4.74 Å². The van der Waals surface area contributed by atoms with Crippen LogP contribution in [0, 0.1) is 17.7 Å². The average Bonchev–Trinajstić information content (AvgIpc) is 3.05. The molecule has 0 saturated heterocycles. The number of hydrogen-bond acceptors (Lipinski definition) is 5. The van der Waals surface area contributed by atoms with Crippen LogP contribution >= 0.6 is 0 Å². The van der Waals surface area contributed by atoms with Gasteiger partial charge in [-0.3, -0.25) is 4.68 Å². The molecule has 0 aliphatic heterocycles. The Hall–Kier alpha value is -2.18. The van der Waals surface area contributed by atoms with E-state index in [-0.39, 0.29) is 11.9 Å². The lowest BCUT2D eigenvalue weighted by Gasteiger charge is -2.25. The average molecular weight is 347 g/mol. The van der Waals surface area contributed by atoms with Gasteiger partial charge in [0, 0.05) is 12.2 Å². The van der Waals surface area contributed by atoms with Crippen LogP contribution in [0.3, 0.4) is 0 Å². The monoisotopic (exact) mass is 347 g/mol. The Bertz CT molecular complexity index is 695. The van der Waals surface area contributed by atoms with E-state index >= 15 is 0 Å². The zero-order chi connectivity index (χ0) is 17.8. The smallest absolute Gasteiger partial charge is 0.255 e. The van der Waals surface area contributed by atoms with Gasteiger partial charge in [0.15, 0.2) is 0 Å². The lowest BCUT2D eigenvalue weighted by Crippen LogP contribution is -2.19. The lowest BCUT2D eigenvalue weighted by molar-refractivity contribution is 0.178. The summed E-state index contributed by atoms with van der Waals surface area (Å²) in [6, 6.07) is 0.266. The van der Waals surface area contributed by atoms with Crippen molar-refractivity contribution < 1.29 is 9.13 Å². The van der Waals surface area contributed by atoms with Gasteiger partial charge in [0.05, 0.1) is 24.7 Å². The van der Waals surface area contributed by atoms with E-state index in [1.807, 2.05) is 24.7 Å². The fraction of sp³-hybridized carbons (Fsp3) is 0.611. The lowest BCUT2D eigenvalue weighted by atomic mass is 9.83. The summed E-state index contributed by atoms with van der Waals surface area (Å²) in [5.41, 5.74) is 0.757. The molecule has 0 amide bonds. The fourth-order valence-electron chi connectivity index (χ4n) is 3.02. The molecule has 2 aromatic heterocycles. The van der Waals surface area contributed by atoms with Crippen LogP contribution in [0.4, 0.5) is 16.0 Å². The number of aromatic nitrogens is 4. The molecule has 0 atom stereocenters.